The second kappa shape index (κ2) is 14.6. The number of anilines is 2. The first-order valence-electron chi connectivity index (χ1n) is 15.6. The monoisotopic (exact) mass is 599 g/mol. The van der Waals surface area contributed by atoms with Gasteiger partial charge in [-0.15, -0.1) is 0 Å². The van der Waals surface area contributed by atoms with Crippen molar-refractivity contribution in [3.05, 3.63) is 71.8 Å². The summed E-state index contributed by atoms with van der Waals surface area (Å²) in [6.07, 6.45) is 4.74. The van der Waals surface area contributed by atoms with Gasteiger partial charge < -0.3 is 35.2 Å². The Morgan fingerprint density at radius 3 is 2.43 bits per heavy atom. The predicted molar refractivity (Wildman–Crippen MR) is 175 cm³/mol. The molecule has 0 saturated heterocycles. The molecule has 0 radical (unpaired) electrons. The summed E-state index contributed by atoms with van der Waals surface area (Å²) >= 11 is 0. The second-order valence-electron chi connectivity index (χ2n) is 12.1. The van der Waals surface area contributed by atoms with Gasteiger partial charge in [0.05, 0.1) is 11.4 Å². The van der Waals surface area contributed by atoms with Gasteiger partial charge in [-0.25, -0.2) is 0 Å². The van der Waals surface area contributed by atoms with Crippen LogP contribution in [0.2, 0.25) is 0 Å². The number of nitrogens with zero attached hydrogens (tertiary/aromatic N) is 3. The molecule has 0 spiro atoms. The van der Waals surface area contributed by atoms with Crippen LogP contribution in [0.3, 0.4) is 0 Å². The van der Waals surface area contributed by atoms with Crippen molar-refractivity contribution in [1.82, 2.24) is 9.80 Å². The van der Waals surface area contributed by atoms with E-state index in [2.05, 4.69) is 66.6 Å². The number of amides is 2. The SMILES string of the molecule is CN(C)CCCN(C)c1ccc(-c2cccc(CN(CCCN)C(=O)c3ccc4c(c3)OCO4)c2)cc1NC(=O)C1CCC1. The average molecular weight is 600 g/mol. The molecule has 3 N–H and O–H groups in total. The molecular weight excluding hydrogens is 554 g/mol. The largest absolute Gasteiger partial charge is 0.454 e. The van der Waals surface area contributed by atoms with Gasteiger partial charge in [0.15, 0.2) is 11.5 Å². The summed E-state index contributed by atoms with van der Waals surface area (Å²) in [6.45, 7) is 3.53. The number of hydrogen-bond donors (Lipinski definition) is 2. The highest BCUT2D eigenvalue weighted by molar-refractivity contribution is 5.97. The lowest BCUT2D eigenvalue weighted by Crippen LogP contribution is -2.32. The zero-order valence-corrected chi connectivity index (χ0v) is 26.2. The molecule has 5 rings (SSSR count). The molecule has 1 saturated carbocycles. The molecule has 1 aliphatic heterocycles. The quantitative estimate of drug-likeness (QED) is 0.263. The predicted octanol–water partition coefficient (Wildman–Crippen LogP) is 5.20. The summed E-state index contributed by atoms with van der Waals surface area (Å²) in [4.78, 5) is 32.9. The fourth-order valence-corrected chi connectivity index (χ4v) is 5.61. The Labute approximate surface area is 260 Å². The first-order valence-corrected chi connectivity index (χ1v) is 15.6. The third-order valence-electron chi connectivity index (χ3n) is 8.41. The van der Waals surface area contributed by atoms with Crippen LogP contribution in [-0.2, 0) is 11.3 Å². The third kappa shape index (κ3) is 7.70. The van der Waals surface area contributed by atoms with Crippen molar-refractivity contribution in [1.29, 1.82) is 0 Å². The Balaban J connectivity index is 1.37. The van der Waals surface area contributed by atoms with E-state index in [1.54, 1.807) is 18.2 Å². The molecule has 234 valence electrons. The summed E-state index contributed by atoms with van der Waals surface area (Å²) in [7, 11) is 6.24. The van der Waals surface area contributed by atoms with Crippen LogP contribution in [0.25, 0.3) is 11.1 Å². The molecular formula is C35H45N5O4. The summed E-state index contributed by atoms with van der Waals surface area (Å²) < 4.78 is 10.9. The van der Waals surface area contributed by atoms with Gasteiger partial charge in [-0.05, 0) is 106 Å². The molecule has 44 heavy (non-hydrogen) atoms. The zero-order valence-electron chi connectivity index (χ0n) is 26.2. The van der Waals surface area contributed by atoms with Crippen molar-refractivity contribution in [2.75, 3.05) is 64.3 Å². The molecule has 0 aromatic heterocycles. The van der Waals surface area contributed by atoms with E-state index in [-0.39, 0.29) is 24.5 Å². The van der Waals surface area contributed by atoms with E-state index in [0.29, 0.717) is 43.1 Å². The maximum Gasteiger partial charge on any atom is 0.254 e. The standard InChI is InChI=1S/C35H45N5O4/c1-38(2)17-7-18-39(3)31-14-12-28(21-30(31)37-34(41)26-9-5-10-26)27-11-4-8-25(20-27)23-40(19-6-16-36)35(42)29-13-15-32-33(22-29)44-24-43-32/h4,8,11-15,20-22,26H,5-7,9-10,16-19,23-24,36H2,1-3H3,(H,37,41). The zero-order chi connectivity index (χ0) is 31.1. The molecule has 1 fully saturated rings. The molecule has 3 aromatic rings. The van der Waals surface area contributed by atoms with E-state index in [0.717, 1.165) is 66.8 Å². The first kappa shape index (κ1) is 31.3. The van der Waals surface area contributed by atoms with Gasteiger partial charge in [-0.1, -0.05) is 30.7 Å². The Morgan fingerprint density at radius 2 is 1.68 bits per heavy atom. The van der Waals surface area contributed by atoms with Gasteiger partial charge in [-0.2, -0.15) is 0 Å². The first-order chi connectivity index (χ1) is 21.3. The van der Waals surface area contributed by atoms with E-state index in [1.807, 2.05) is 17.0 Å². The smallest absolute Gasteiger partial charge is 0.254 e. The fourth-order valence-electron chi connectivity index (χ4n) is 5.61. The van der Waals surface area contributed by atoms with Crippen LogP contribution in [0.15, 0.2) is 60.7 Å². The lowest BCUT2D eigenvalue weighted by atomic mass is 9.85. The minimum absolute atomic E-state index is 0.0789. The number of hydrogen-bond acceptors (Lipinski definition) is 7. The van der Waals surface area contributed by atoms with Crippen LogP contribution in [0.5, 0.6) is 11.5 Å². The van der Waals surface area contributed by atoms with Crippen LogP contribution in [-0.4, -0.2) is 75.7 Å². The number of carbonyl (C=O) groups excluding carboxylic acids is 2. The number of benzene rings is 3. The van der Waals surface area contributed by atoms with Crippen LogP contribution in [0, 0.1) is 5.92 Å². The van der Waals surface area contributed by atoms with Crippen LogP contribution < -0.4 is 25.4 Å². The van der Waals surface area contributed by atoms with Gasteiger partial charge in [0.1, 0.15) is 0 Å². The molecule has 2 amide bonds. The van der Waals surface area contributed by atoms with Gasteiger partial charge in [-0.3, -0.25) is 9.59 Å². The Kier molecular flexibility index (Phi) is 10.4. The van der Waals surface area contributed by atoms with E-state index in [4.69, 9.17) is 15.2 Å². The number of fused-ring (bicyclic) bond motifs is 1. The highest BCUT2D eigenvalue weighted by Crippen LogP contribution is 2.35. The minimum Gasteiger partial charge on any atom is -0.454 e. The molecule has 0 unspecified atom stereocenters. The van der Waals surface area contributed by atoms with Crippen molar-refractivity contribution in [2.45, 2.75) is 38.6 Å². The van der Waals surface area contributed by atoms with Crippen molar-refractivity contribution in [3.63, 3.8) is 0 Å². The number of nitrogens with one attached hydrogen (secondary N) is 1. The van der Waals surface area contributed by atoms with E-state index in [9.17, 15) is 9.59 Å². The van der Waals surface area contributed by atoms with Crippen molar-refractivity contribution >= 4 is 23.2 Å². The summed E-state index contributed by atoms with van der Waals surface area (Å²) in [5.41, 5.74) is 11.3. The minimum atomic E-state index is -0.0789. The normalized spacial score (nSPS) is 13.9. The topological polar surface area (TPSA) is 100 Å². The van der Waals surface area contributed by atoms with Gasteiger partial charge in [0.25, 0.3) is 5.91 Å². The molecule has 3 aromatic carbocycles. The molecule has 0 bridgehead atoms. The third-order valence-corrected chi connectivity index (χ3v) is 8.41. The maximum absolute atomic E-state index is 13.6. The Hall–Kier alpha value is -4.08. The molecule has 0 atom stereocenters. The van der Waals surface area contributed by atoms with Crippen LogP contribution in [0.1, 0.15) is 48.0 Å². The van der Waals surface area contributed by atoms with Crippen molar-refractivity contribution < 1.29 is 19.1 Å². The second-order valence-corrected chi connectivity index (χ2v) is 12.1. The lowest BCUT2D eigenvalue weighted by Gasteiger charge is -2.27. The highest BCUT2D eigenvalue weighted by Gasteiger charge is 2.26. The van der Waals surface area contributed by atoms with E-state index in [1.165, 1.54) is 0 Å². The molecule has 9 nitrogen and oxygen atoms in total. The number of ether oxygens (including phenoxy) is 2. The summed E-state index contributed by atoms with van der Waals surface area (Å²) in [5.74, 6) is 1.35. The number of rotatable bonds is 14. The summed E-state index contributed by atoms with van der Waals surface area (Å²) in [6, 6.07) is 19.8. The van der Waals surface area contributed by atoms with Gasteiger partial charge >= 0.3 is 0 Å². The van der Waals surface area contributed by atoms with E-state index < -0.39 is 0 Å². The average Bonchev–Trinajstić information content (AvgIpc) is 3.46. The molecule has 2 aliphatic rings. The van der Waals surface area contributed by atoms with Crippen molar-refractivity contribution in [3.8, 4) is 22.6 Å². The molecule has 1 aliphatic carbocycles. The molecule has 9 heteroatoms. The van der Waals surface area contributed by atoms with Crippen molar-refractivity contribution in [2.24, 2.45) is 11.7 Å². The highest BCUT2D eigenvalue weighted by atomic mass is 16.7. The Morgan fingerprint density at radius 1 is 0.886 bits per heavy atom. The van der Waals surface area contributed by atoms with E-state index >= 15 is 0 Å². The molecule has 1 heterocycles. The maximum atomic E-state index is 13.6. The fraction of sp³-hybridized carbons (Fsp3) is 0.429. The van der Waals surface area contributed by atoms with Crippen LogP contribution >= 0.6 is 0 Å². The van der Waals surface area contributed by atoms with Gasteiger partial charge in [0, 0.05) is 38.2 Å². The lowest BCUT2D eigenvalue weighted by molar-refractivity contribution is -0.122. The Bertz CT molecular complexity index is 1450. The van der Waals surface area contributed by atoms with Crippen LogP contribution in [0.4, 0.5) is 11.4 Å². The van der Waals surface area contributed by atoms with Gasteiger partial charge in [0.2, 0.25) is 12.7 Å². The number of carbonyl (C=O) groups is 2. The number of nitrogens with two attached hydrogens (primary N) is 1. The summed E-state index contributed by atoms with van der Waals surface area (Å²) in [5, 5.41) is 3.25.